The van der Waals surface area contributed by atoms with Crippen LogP contribution in [0.3, 0.4) is 0 Å². The van der Waals surface area contributed by atoms with Crippen molar-refractivity contribution < 1.29 is 28.5 Å². The lowest BCUT2D eigenvalue weighted by Crippen LogP contribution is -2.23. The summed E-state index contributed by atoms with van der Waals surface area (Å²) in [7, 11) is 3.11. The Balaban J connectivity index is 1.43. The smallest absolute Gasteiger partial charge is 0.306 e. The quantitative estimate of drug-likeness (QED) is 0.462. The van der Waals surface area contributed by atoms with Crippen molar-refractivity contribution in [3.05, 3.63) is 65.5 Å². The second-order valence-corrected chi connectivity index (χ2v) is 9.39. The Morgan fingerprint density at radius 2 is 1.94 bits per heavy atom. The minimum atomic E-state index is -0.795. The molecule has 36 heavy (non-hydrogen) atoms. The van der Waals surface area contributed by atoms with Crippen LogP contribution in [0.25, 0.3) is 11.3 Å². The SMILES string of the molecule is COc1cc(-c2cnc([C@H]3C[C@H](OC)c4ccc([C@H](C5CC5)[C@H](C)C(=O)O)cc4O3)cn2)c(F)cn1. The molecule has 9 heteroatoms. The van der Waals surface area contributed by atoms with Crippen LogP contribution in [0, 0.1) is 17.7 Å². The van der Waals surface area contributed by atoms with Crippen LogP contribution < -0.4 is 9.47 Å². The molecule has 1 N–H and O–H groups in total. The van der Waals surface area contributed by atoms with Crippen molar-refractivity contribution in [1.82, 2.24) is 15.0 Å². The molecule has 1 aliphatic carbocycles. The summed E-state index contributed by atoms with van der Waals surface area (Å²) in [5, 5.41) is 9.65. The van der Waals surface area contributed by atoms with Gasteiger partial charge in [-0.3, -0.25) is 14.8 Å². The Morgan fingerprint density at radius 3 is 2.58 bits per heavy atom. The van der Waals surface area contributed by atoms with Gasteiger partial charge in [0.25, 0.3) is 0 Å². The zero-order valence-electron chi connectivity index (χ0n) is 20.3. The maximum absolute atomic E-state index is 14.3. The maximum atomic E-state index is 14.3. The van der Waals surface area contributed by atoms with Gasteiger partial charge in [-0.1, -0.05) is 19.1 Å². The molecular weight excluding hydrogens is 465 g/mol. The lowest BCUT2D eigenvalue weighted by molar-refractivity contribution is -0.142. The third kappa shape index (κ3) is 4.63. The van der Waals surface area contributed by atoms with Gasteiger partial charge in [0.15, 0.2) is 5.82 Å². The highest BCUT2D eigenvalue weighted by Crippen LogP contribution is 2.49. The molecule has 0 bridgehead atoms. The predicted molar refractivity (Wildman–Crippen MR) is 128 cm³/mol. The fourth-order valence-corrected chi connectivity index (χ4v) is 5.00. The third-order valence-corrected chi connectivity index (χ3v) is 7.13. The van der Waals surface area contributed by atoms with Crippen LogP contribution in [-0.4, -0.2) is 40.2 Å². The number of methoxy groups -OCH3 is 2. The van der Waals surface area contributed by atoms with Gasteiger partial charge in [-0.05, 0) is 36.3 Å². The molecule has 8 nitrogen and oxygen atoms in total. The minimum Gasteiger partial charge on any atom is -0.484 e. The summed E-state index contributed by atoms with van der Waals surface area (Å²) in [6, 6.07) is 7.41. The maximum Gasteiger partial charge on any atom is 0.306 e. The highest BCUT2D eigenvalue weighted by molar-refractivity contribution is 5.71. The number of carboxylic acid groups (broad SMARTS) is 1. The number of hydrogen-bond donors (Lipinski definition) is 1. The van der Waals surface area contributed by atoms with E-state index >= 15 is 0 Å². The highest BCUT2D eigenvalue weighted by Gasteiger charge is 2.40. The number of carbonyl (C=O) groups is 1. The molecular formula is C27H28FN3O5. The van der Waals surface area contributed by atoms with Gasteiger partial charge in [0, 0.05) is 30.7 Å². The van der Waals surface area contributed by atoms with Gasteiger partial charge in [-0.2, -0.15) is 0 Å². The van der Waals surface area contributed by atoms with E-state index in [0.29, 0.717) is 29.5 Å². The monoisotopic (exact) mass is 493 g/mol. The van der Waals surface area contributed by atoms with E-state index in [1.807, 2.05) is 18.2 Å². The molecule has 5 rings (SSSR count). The Kier molecular flexibility index (Phi) is 6.57. The first-order chi connectivity index (χ1) is 17.4. The number of pyridine rings is 1. The molecule has 2 aliphatic rings. The number of hydrogen-bond acceptors (Lipinski definition) is 7. The first kappa shape index (κ1) is 24.1. The summed E-state index contributed by atoms with van der Waals surface area (Å²) < 4.78 is 31.5. The van der Waals surface area contributed by atoms with Crippen molar-refractivity contribution in [2.45, 2.75) is 44.3 Å². The summed E-state index contributed by atoms with van der Waals surface area (Å²) in [6.07, 6.45) is 6.14. The fraction of sp³-hybridized carbons (Fsp3) is 0.407. The fourth-order valence-electron chi connectivity index (χ4n) is 5.00. The molecule has 0 spiro atoms. The van der Waals surface area contributed by atoms with Crippen LogP contribution in [-0.2, 0) is 9.53 Å². The predicted octanol–water partition coefficient (Wildman–Crippen LogP) is 5.11. The van der Waals surface area contributed by atoms with Crippen LogP contribution in [0.4, 0.5) is 4.39 Å². The van der Waals surface area contributed by atoms with E-state index < -0.39 is 23.8 Å². The normalized spacial score (nSPS) is 20.7. The van der Waals surface area contributed by atoms with Crippen molar-refractivity contribution in [1.29, 1.82) is 0 Å². The van der Waals surface area contributed by atoms with Gasteiger partial charge in [-0.25, -0.2) is 9.37 Å². The van der Waals surface area contributed by atoms with E-state index in [1.54, 1.807) is 20.2 Å². The van der Waals surface area contributed by atoms with Gasteiger partial charge in [0.2, 0.25) is 5.88 Å². The van der Waals surface area contributed by atoms with Gasteiger partial charge in [0.1, 0.15) is 11.9 Å². The van der Waals surface area contributed by atoms with E-state index in [2.05, 4.69) is 15.0 Å². The Hall–Kier alpha value is -3.59. The van der Waals surface area contributed by atoms with Crippen molar-refractivity contribution in [2.75, 3.05) is 14.2 Å². The van der Waals surface area contributed by atoms with E-state index in [4.69, 9.17) is 14.2 Å². The third-order valence-electron chi connectivity index (χ3n) is 7.13. The molecule has 0 amide bonds. The molecule has 0 radical (unpaired) electrons. The summed E-state index contributed by atoms with van der Waals surface area (Å²) in [6.45, 7) is 1.77. The average Bonchev–Trinajstić information content (AvgIpc) is 3.73. The van der Waals surface area contributed by atoms with Crippen LogP contribution in [0.1, 0.15) is 61.1 Å². The van der Waals surface area contributed by atoms with E-state index in [-0.39, 0.29) is 23.5 Å². The second-order valence-electron chi connectivity index (χ2n) is 9.39. The molecule has 0 saturated heterocycles. The summed E-state index contributed by atoms with van der Waals surface area (Å²) in [5.41, 5.74) is 3.08. The number of fused-ring (bicyclic) bond motifs is 1. The van der Waals surface area contributed by atoms with Gasteiger partial charge in [0.05, 0.1) is 49.1 Å². The second kappa shape index (κ2) is 9.81. The summed E-state index contributed by atoms with van der Waals surface area (Å²) in [4.78, 5) is 24.5. The first-order valence-corrected chi connectivity index (χ1v) is 12.0. The highest BCUT2D eigenvalue weighted by atomic mass is 19.1. The molecule has 3 aromatic rings. The molecule has 188 valence electrons. The van der Waals surface area contributed by atoms with Crippen LogP contribution >= 0.6 is 0 Å². The first-order valence-electron chi connectivity index (χ1n) is 12.0. The number of benzene rings is 1. The minimum absolute atomic E-state index is 0.0657. The van der Waals surface area contributed by atoms with Crippen molar-refractivity contribution >= 4 is 5.97 Å². The number of aliphatic carboxylic acids is 1. The average molecular weight is 494 g/mol. The topological polar surface area (TPSA) is 104 Å². The molecule has 3 heterocycles. The van der Waals surface area contributed by atoms with Crippen molar-refractivity contribution in [3.8, 4) is 22.9 Å². The molecule has 0 unspecified atom stereocenters. The lowest BCUT2D eigenvalue weighted by atomic mass is 9.82. The van der Waals surface area contributed by atoms with Crippen molar-refractivity contribution in [3.63, 3.8) is 0 Å². The molecule has 4 atom stereocenters. The Morgan fingerprint density at radius 1 is 1.14 bits per heavy atom. The van der Waals surface area contributed by atoms with Crippen LogP contribution in [0.5, 0.6) is 11.6 Å². The van der Waals surface area contributed by atoms with Gasteiger partial charge in [-0.15, -0.1) is 0 Å². The standard InChI is InChI=1S/C27H28FN3O5/c1-14(27(32)33)26(15-4-5-15)16-6-7-17-22(34-2)10-24(36-23(17)8-16)21-13-29-20(12-30-21)18-9-25(35-3)31-11-19(18)28/h6-9,11-15,22,24,26H,4-5,10H2,1-3H3,(H,32,33)/t14-,22-,24+,26-/m0/s1. The molecule has 1 aromatic carbocycles. The molecule has 1 saturated carbocycles. The molecule has 2 aromatic heterocycles. The van der Waals surface area contributed by atoms with E-state index in [1.165, 1.54) is 19.4 Å². The van der Waals surface area contributed by atoms with Gasteiger partial charge >= 0.3 is 5.97 Å². The summed E-state index contributed by atoms with van der Waals surface area (Å²) in [5.74, 6) is -0.551. The number of ether oxygens (including phenoxy) is 3. The van der Waals surface area contributed by atoms with Crippen LogP contribution in [0.2, 0.25) is 0 Å². The summed E-state index contributed by atoms with van der Waals surface area (Å²) >= 11 is 0. The van der Waals surface area contributed by atoms with Crippen molar-refractivity contribution in [2.24, 2.45) is 11.8 Å². The number of halogens is 1. The Bertz CT molecular complexity index is 1260. The number of aromatic nitrogens is 3. The Labute approximate surface area is 208 Å². The lowest BCUT2D eigenvalue weighted by Gasteiger charge is -2.32. The molecule has 1 aliphatic heterocycles. The number of carboxylic acids is 1. The number of nitrogens with zero attached hydrogens (tertiary/aromatic N) is 3. The van der Waals surface area contributed by atoms with E-state index in [9.17, 15) is 14.3 Å². The number of rotatable bonds is 8. The largest absolute Gasteiger partial charge is 0.484 e. The molecule has 1 fully saturated rings. The zero-order chi connectivity index (χ0) is 25.4. The van der Waals surface area contributed by atoms with Gasteiger partial charge < -0.3 is 19.3 Å². The van der Waals surface area contributed by atoms with E-state index in [0.717, 1.165) is 30.2 Å². The zero-order valence-corrected chi connectivity index (χ0v) is 20.3. The van der Waals surface area contributed by atoms with Crippen LogP contribution in [0.15, 0.2) is 42.9 Å².